The Labute approximate surface area is 169 Å². The van der Waals surface area contributed by atoms with Crippen molar-refractivity contribution in [1.29, 1.82) is 0 Å². The average Bonchev–Trinajstić information content (AvgIpc) is 2.88. The zero-order valence-corrected chi connectivity index (χ0v) is 17.4. The zero-order valence-electron chi connectivity index (χ0n) is 17.4. The molecule has 6 heteroatoms. The highest BCUT2D eigenvalue weighted by atomic mass is 16.3. The van der Waals surface area contributed by atoms with Gasteiger partial charge in [-0.25, -0.2) is 0 Å². The number of hydrogen-bond donors (Lipinski definition) is 3. The topological polar surface area (TPSA) is 67.8 Å². The van der Waals surface area contributed by atoms with Crippen LogP contribution in [0.3, 0.4) is 0 Å². The van der Waals surface area contributed by atoms with Gasteiger partial charge in [-0.1, -0.05) is 30.3 Å². The molecule has 1 aliphatic heterocycles. The van der Waals surface area contributed by atoms with Gasteiger partial charge < -0.3 is 20.6 Å². The van der Waals surface area contributed by atoms with Gasteiger partial charge in [0.25, 0.3) is 0 Å². The lowest BCUT2D eigenvalue weighted by molar-refractivity contribution is -0.120. The van der Waals surface area contributed by atoms with Crippen LogP contribution in [0, 0.1) is 0 Å². The molecule has 1 saturated heterocycles. The quantitative estimate of drug-likeness (QED) is 0.630. The first-order valence-corrected chi connectivity index (χ1v) is 10.6. The predicted molar refractivity (Wildman–Crippen MR) is 112 cm³/mol. The number of piperazine rings is 1. The standard InChI is InChI=1S/C22H36N4O2/c1-23-16-21(28)24-17-22(18-6-4-3-5-7-18)10-8-19(20(27)9-11-22)26-14-12-25(2)13-15-26/h3-7,19-20,23,27H,8-17H2,1-2H3,(H,24,28)/t19-,20-,22-/m0/s1. The third-order valence-electron chi connectivity index (χ3n) is 6.64. The molecule has 1 saturated carbocycles. The van der Waals surface area contributed by atoms with Crippen LogP contribution < -0.4 is 10.6 Å². The fraction of sp³-hybridized carbons (Fsp3) is 0.682. The van der Waals surface area contributed by atoms with E-state index in [9.17, 15) is 9.90 Å². The molecule has 28 heavy (non-hydrogen) atoms. The molecule has 2 fully saturated rings. The number of carbonyl (C=O) groups is 1. The number of nitrogens with zero attached hydrogens (tertiary/aromatic N) is 2. The second-order valence-corrected chi connectivity index (χ2v) is 8.50. The van der Waals surface area contributed by atoms with Crippen molar-refractivity contribution in [3.63, 3.8) is 0 Å². The summed E-state index contributed by atoms with van der Waals surface area (Å²) in [6.45, 7) is 5.13. The van der Waals surface area contributed by atoms with Crippen LogP contribution in [0.1, 0.15) is 31.2 Å². The SMILES string of the molecule is CNCC(=O)NC[C@@]1(c2ccccc2)CC[C@H](O)[C@@H](N2CCN(C)CC2)CC1. The summed E-state index contributed by atoms with van der Waals surface area (Å²) < 4.78 is 0. The number of aliphatic hydroxyl groups is 1. The molecule has 3 rings (SSSR count). The van der Waals surface area contributed by atoms with Crippen molar-refractivity contribution >= 4 is 5.91 Å². The van der Waals surface area contributed by atoms with Crippen LogP contribution in [0.15, 0.2) is 30.3 Å². The smallest absolute Gasteiger partial charge is 0.233 e. The molecule has 1 heterocycles. The van der Waals surface area contributed by atoms with E-state index in [1.54, 1.807) is 7.05 Å². The van der Waals surface area contributed by atoms with Gasteiger partial charge in [0.1, 0.15) is 0 Å². The number of carbonyl (C=O) groups excluding carboxylic acids is 1. The zero-order chi connectivity index (χ0) is 20.0. The molecule has 1 aromatic rings. The number of likely N-dealkylation sites (N-methyl/N-ethyl adjacent to an activating group) is 2. The van der Waals surface area contributed by atoms with Crippen LogP contribution in [0.2, 0.25) is 0 Å². The van der Waals surface area contributed by atoms with Gasteiger partial charge in [-0.05, 0) is 45.3 Å². The van der Waals surface area contributed by atoms with E-state index < -0.39 is 0 Å². The third kappa shape index (κ3) is 5.11. The molecule has 1 aliphatic carbocycles. The maximum absolute atomic E-state index is 12.1. The van der Waals surface area contributed by atoms with Crippen LogP contribution >= 0.6 is 0 Å². The number of rotatable bonds is 6. The Morgan fingerprint density at radius 1 is 1.14 bits per heavy atom. The highest BCUT2D eigenvalue weighted by Crippen LogP contribution is 2.39. The molecule has 0 aromatic heterocycles. The molecule has 2 aliphatic rings. The van der Waals surface area contributed by atoms with Gasteiger partial charge in [-0.2, -0.15) is 0 Å². The summed E-state index contributed by atoms with van der Waals surface area (Å²) in [4.78, 5) is 16.9. The van der Waals surface area contributed by atoms with E-state index in [4.69, 9.17) is 0 Å². The number of aliphatic hydroxyl groups excluding tert-OH is 1. The fourth-order valence-electron chi connectivity index (χ4n) is 4.79. The molecule has 0 spiro atoms. The largest absolute Gasteiger partial charge is 0.391 e. The molecule has 0 unspecified atom stereocenters. The van der Waals surface area contributed by atoms with Crippen molar-refractivity contribution < 1.29 is 9.90 Å². The Bertz CT molecular complexity index is 618. The predicted octanol–water partition coefficient (Wildman–Crippen LogP) is 0.811. The molecule has 3 atom stereocenters. The first-order valence-electron chi connectivity index (χ1n) is 10.6. The number of nitrogens with one attached hydrogen (secondary N) is 2. The van der Waals surface area contributed by atoms with Gasteiger partial charge >= 0.3 is 0 Å². The van der Waals surface area contributed by atoms with Gasteiger partial charge in [0.15, 0.2) is 0 Å². The molecule has 156 valence electrons. The van der Waals surface area contributed by atoms with E-state index >= 15 is 0 Å². The molecule has 0 radical (unpaired) electrons. The second kappa shape index (κ2) is 9.83. The highest BCUT2D eigenvalue weighted by molar-refractivity contribution is 5.78. The van der Waals surface area contributed by atoms with Crippen molar-refractivity contribution in [2.24, 2.45) is 0 Å². The van der Waals surface area contributed by atoms with E-state index in [1.165, 1.54) is 5.56 Å². The third-order valence-corrected chi connectivity index (χ3v) is 6.64. The molecular formula is C22H36N4O2. The Balaban J connectivity index is 1.75. The van der Waals surface area contributed by atoms with Crippen molar-refractivity contribution in [1.82, 2.24) is 20.4 Å². The highest BCUT2D eigenvalue weighted by Gasteiger charge is 2.40. The molecule has 0 bridgehead atoms. The average molecular weight is 389 g/mol. The summed E-state index contributed by atoms with van der Waals surface area (Å²) in [6.07, 6.45) is 3.30. The maximum Gasteiger partial charge on any atom is 0.233 e. The lowest BCUT2D eigenvalue weighted by Gasteiger charge is -2.39. The number of amides is 1. The van der Waals surface area contributed by atoms with Gasteiger partial charge in [0, 0.05) is 44.2 Å². The fourth-order valence-corrected chi connectivity index (χ4v) is 4.79. The normalized spacial score (nSPS) is 30.0. The van der Waals surface area contributed by atoms with E-state index in [2.05, 4.69) is 51.7 Å². The van der Waals surface area contributed by atoms with Crippen LogP contribution in [-0.2, 0) is 10.2 Å². The minimum absolute atomic E-state index is 0.0261. The summed E-state index contributed by atoms with van der Waals surface area (Å²) in [7, 11) is 3.95. The van der Waals surface area contributed by atoms with E-state index in [-0.39, 0.29) is 23.5 Å². The van der Waals surface area contributed by atoms with Crippen molar-refractivity contribution in [3.8, 4) is 0 Å². The van der Waals surface area contributed by atoms with E-state index in [0.717, 1.165) is 51.9 Å². The van der Waals surface area contributed by atoms with Crippen molar-refractivity contribution in [2.75, 3.05) is 53.4 Å². The van der Waals surface area contributed by atoms with E-state index in [0.29, 0.717) is 13.1 Å². The van der Waals surface area contributed by atoms with Crippen LogP contribution in [0.4, 0.5) is 0 Å². The van der Waals surface area contributed by atoms with Crippen molar-refractivity contribution in [2.45, 2.75) is 43.2 Å². The first-order chi connectivity index (χ1) is 13.5. The summed E-state index contributed by atoms with van der Waals surface area (Å²) in [5, 5.41) is 17.0. The Morgan fingerprint density at radius 3 is 2.50 bits per heavy atom. The van der Waals surface area contributed by atoms with Crippen LogP contribution in [0.5, 0.6) is 0 Å². The van der Waals surface area contributed by atoms with Crippen LogP contribution in [0.25, 0.3) is 0 Å². The van der Waals surface area contributed by atoms with Gasteiger partial charge in [0.05, 0.1) is 12.6 Å². The van der Waals surface area contributed by atoms with Gasteiger partial charge in [-0.3, -0.25) is 9.69 Å². The lowest BCUT2D eigenvalue weighted by Crippen LogP contribution is -2.52. The van der Waals surface area contributed by atoms with E-state index in [1.807, 2.05) is 6.07 Å². The van der Waals surface area contributed by atoms with Gasteiger partial charge in [-0.15, -0.1) is 0 Å². The lowest BCUT2D eigenvalue weighted by atomic mass is 9.74. The Kier molecular flexibility index (Phi) is 7.46. The van der Waals surface area contributed by atoms with Crippen LogP contribution in [-0.4, -0.2) is 86.3 Å². The minimum Gasteiger partial charge on any atom is -0.391 e. The monoisotopic (exact) mass is 388 g/mol. The summed E-state index contributed by atoms with van der Waals surface area (Å²) in [6, 6.07) is 10.7. The number of benzene rings is 1. The molecule has 6 nitrogen and oxygen atoms in total. The summed E-state index contributed by atoms with van der Waals surface area (Å²) in [5.41, 5.74) is 1.15. The molecule has 1 aromatic carbocycles. The summed E-state index contributed by atoms with van der Waals surface area (Å²) in [5.74, 6) is 0.0261. The molecule has 3 N–H and O–H groups in total. The minimum atomic E-state index is -0.304. The molecular weight excluding hydrogens is 352 g/mol. The molecule has 1 amide bonds. The number of hydrogen-bond acceptors (Lipinski definition) is 5. The summed E-state index contributed by atoms with van der Waals surface area (Å²) >= 11 is 0. The Hall–Kier alpha value is -1.47. The second-order valence-electron chi connectivity index (χ2n) is 8.50. The van der Waals surface area contributed by atoms with Gasteiger partial charge in [0.2, 0.25) is 5.91 Å². The van der Waals surface area contributed by atoms with Crippen molar-refractivity contribution in [3.05, 3.63) is 35.9 Å². The maximum atomic E-state index is 12.1. The Morgan fingerprint density at radius 2 is 1.82 bits per heavy atom. The first kappa shape index (κ1) is 21.2.